The van der Waals surface area contributed by atoms with Gasteiger partial charge in [-0.1, -0.05) is 13.8 Å². The zero-order valence-corrected chi connectivity index (χ0v) is 19.7. The summed E-state index contributed by atoms with van der Waals surface area (Å²) in [6.07, 6.45) is 3.46. The van der Waals surface area contributed by atoms with E-state index < -0.39 is 0 Å². The third-order valence-electron chi connectivity index (χ3n) is 6.30. The number of ether oxygens (including phenoxy) is 2. The highest BCUT2D eigenvalue weighted by atomic mass is 16.5. The first kappa shape index (κ1) is 23.2. The molecule has 1 aromatic rings. The van der Waals surface area contributed by atoms with Crippen LogP contribution in [0.15, 0.2) is 17.1 Å². The lowest BCUT2D eigenvalue weighted by atomic mass is 9.92. The maximum atomic E-state index is 12.8. The van der Waals surface area contributed by atoms with Gasteiger partial charge in [0.25, 0.3) is 0 Å². The number of aliphatic imine (C=N–C) groups is 1. The Kier molecular flexibility index (Phi) is 8.04. The molecular formula is C24H38N4O3. The van der Waals surface area contributed by atoms with E-state index in [1.807, 2.05) is 24.1 Å². The predicted molar refractivity (Wildman–Crippen MR) is 124 cm³/mol. The van der Waals surface area contributed by atoms with Crippen LogP contribution < -0.4 is 14.8 Å². The maximum absolute atomic E-state index is 12.8. The van der Waals surface area contributed by atoms with Crippen molar-refractivity contribution in [2.45, 2.75) is 46.1 Å². The van der Waals surface area contributed by atoms with Crippen molar-refractivity contribution in [1.29, 1.82) is 0 Å². The molecule has 0 saturated carbocycles. The quantitative estimate of drug-likeness (QED) is 0.427. The third kappa shape index (κ3) is 5.83. The van der Waals surface area contributed by atoms with E-state index in [0.29, 0.717) is 30.6 Å². The van der Waals surface area contributed by atoms with Crippen molar-refractivity contribution in [3.63, 3.8) is 0 Å². The van der Waals surface area contributed by atoms with Gasteiger partial charge in [0.2, 0.25) is 5.91 Å². The Morgan fingerprint density at radius 1 is 1.10 bits per heavy atom. The van der Waals surface area contributed by atoms with Crippen LogP contribution in [0.5, 0.6) is 11.5 Å². The van der Waals surface area contributed by atoms with Crippen LogP contribution >= 0.6 is 0 Å². The number of methoxy groups -OCH3 is 2. The standard InChI is InChI=1S/C24H38N4O3/c1-17-11-18(2)15-28(14-17)24(25-3)26-9-6-7-23(29)27-10-8-19-12-21(30-4)22(31-5)13-20(19)16-27/h12-13,17-18H,6-11,14-16H2,1-5H3,(H,25,26). The Balaban J connectivity index is 1.47. The van der Waals surface area contributed by atoms with Gasteiger partial charge >= 0.3 is 0 Å². The second-order valence-electron chi connectivity index (χ2n) is 8.97. The SMILES string of the molecule is CN=C(NCCCC(=O)N1CCc2cc(OC)c(OC)cc2C1)N1CC(C)CC(C)C1. The topological polar surface area (TPSA) is 66.4 Å². The molecule has 2 aliphatic heterocycles. The monoisotopic (exact) mass is 430 g/mol. The van der Waals surface area contributed by atoms with E-state index in [9.17, 15) is 4.79 Å². The van der Waals surface area contributed by atoms with Gasteiger partial charge in [-0.15, -0.1) is 0 Å². The van der Waals surface area contributed by atoms with Crippen molar-refractivity contribution >= 4 is 11.9 Å². The summed E-state index contributed by atoms with van der Waals surface area (Å²) >= 11 is 0. The Morgan fingerprint density at radius 2 is 1.74 bits per heavy atom. The lowest BCUT2D eigenvalue weighted by Crippen LogP contribution is -2.48. The summed E-state index contributed by atoms with van der Waals surface area (Å²) in [5, 5.41) is 3.46. The third-order valence-corrected chi connectivity index (χ3v) is 6.30. The van der Waals surface area contributed by atoms with Crippen molar-refractivity contribution in [3.05, 3.63) is 23.3 Å². The average Bonchev–Trinajstić information content (AvgIpc) is 2.76. The number of nitrogens with one attached hydrogen (secondary N) is 1. The summed E-state index contributed by atoms with van der Waals surface area (Å²) in [6, 6.07) is 4.04. The number of amides is 1. The molecule has 1 saturated heterocycles. The molecule has 0 aliphatic carbocycles. The van der Waals surface area contributed by atoms with Crippen LogP contribution in [0.25, 0.3) is 0 Å². The highest BCUT2D eigenvalue weighted by molar-refractivity contribution is 5.80. The molecular weight excluding hydrogens is 392 g/mol. The molecule has 1 fully saturated rings. The first-order chi connectivity index (χ1) is 14.9. The van der Waals surface area contributed by atoms with Crippen LogP contribution in [0.2, 0.25) is 0 Å². The van der Waals surface area contributed by atoms with E-state index in [2.05, 4.69) is 29.1 Å². The fraction of sp³-hybridized carbons (Fsp3) is 0.667. The van der Waals surface area contributed by atoms with E-state index in [4.69, 9.17) is 9.47 Å². The van der Waals surface area contributed by atoms with E-state index in [1.54, 1.807) is 14.2 Å². The molecule has 7 heteroatoms. The Morgan fingerprint density at radius 3 is 2.35 bits per heavy atom. The van der Waals surface area contributed by atoms with E-state index in [0.717, 1.165) is 56.3 Å². The lowest BCUT2D eigenvalue weighted by molar-refractivity contribution is -0.132. The maximum Gasteiger partial charge on any atom is 0.222 e. The fourth-order valence-electron chi connectivity index (χ4n) is 4.86. The zero-order chi connectivity index (χ0) is 22.4. The lowest BCUT2D eigenvalue weighted by Gasteiger charge is -2.37. The van der Waals surface area contributed by atoms with Crippen LogP contribution in [-0.4, -0.2) is 69.1 Å². The number of guanidine groups is 1. The number of benzene rings is 1. The van der Waals surface area contributed by atoms with Crippen molar-refractivity contribution in [2.24, 2.45) is 16.8 Å². The molecule has 1 aromatic carbocycles. The first-order valence-electron chi connectivity index (χ1n) is 11.4. The first-order valence-corrected chi connectivity index (χ1v) is 11.4. The van der Waals surface area contributed by atoms with Gasteiger partial charge < -0.3 is 24.6 Å². The van der Waals surface area contributed by atoms with Gasteiger partial charge in [0, 0.05) is 46.2 Å². The van der Waals surface area contributed by atoms with Crippen LogP contribution in [0.3, 0.4) is 0 Å². The molecule has 0 bridgehead atoms. The molecule has 2 heterocycles. The highest BCUT2D eigenvalue weighted by Crippen LogP contribution is 2.33. The van der Waals surface area contributed by atoms with Gasteiger partial charge in [-0.25, -0.2) is 0 Å². The van der Waals surface area contributed by atoms with Gasteiger partial charge in [0.15, 0.2) is 17.5 Å². The zero-order valence-electron chi connectivity index (χ0n) is 19.7. The molecule has 2 unspecified atom stereocenters. The molecule has 0 spiro atoms. The number of carbonyl (C=O) groups is 1. The summed E-state index contributed by atoms with van der Waals surface area (Å²) in [6.45, 7) is 8.84. The van der Waals surface area contributed by atoms with Crippen LogP contribution in [0, 0.1) is 11.8 Å². The molecule has 2 aliphatic rings. The van der Waals surface area contributed by atoms with Gasteiger partial charge in [-0.05, 0) is 54.4 Å². The van der Waals surface area contributed by atoms with Crippen molar-refractivity contribution in [3.8, 4) is 11.5 Å². The normalized spacial score (nSPS) is 21.5. The summed E-state index contributed by atoms with van der Waals surface area (Å²) in [4.78, 5) is 21.6. The van der Waals surface area contributed by atoms with Crippen LogP contribution in [-0.2, 0) is 17.8 Å². The molecule has 1 amide bonds. The van der Waals surface area contributed by atoms with Gasteiger partial charge in [0.05, 0.1) is 14.2 Å². The molecule has 7 nitrogen and oxygen atoms in total. The summed E-state index contributed by atoms with van der Waals surface area (Å²) in [7, 11) is 5.13. The largest absolute Gasteiger partial charge is 0.493 e. The second kappa shape index (κ2) is 10.7. The number of hydrogen-bond donors (Lipinski definition) is 1. The number of piperidine rings is 1. The van der Waals surface area contributed by atoms with Gasteiger partial charge in [0.1, 0.15) is 0 Å². The number of nitrogens with zero attached hydrogens (tertiary/aromatic N) is 3. The minimum absolute atomic E-state index is 0.206. The minimum Gasteiger partial charge on any atom is -0.493 e. The molecule has 0 radical (unpaired) electrons. The van der Waals surface area contributed by atoms with Crippen LogP contribution in [0.4, 0.5) is 0 Å². The average molecular weight is 431 g/mol. The molecule has 31 heavy (non-hydrogen) atoms. The molecule has 0 aromatic heterocycles. The van der Waals surface area contributed by atoms with Crippen molar-refractivity contribution < 1.29 is 14.3 Å². The van der Waals surface area contributed by atoms with E-state index in [-0.39, 0.29) is 5.91 Å². The number of rotatable bonds is 6. The number of fused-ring (bicyclic) bond motifs is 1. The number of hydrogen-bond acceptors (Lipinski definition) is 4. The number of carbonyl (C=O) groups excluding carboxylic acids is 1. The van der Waals surface area contributed by atoms with Crippen LogP contribution in [0.1, 0.15) is 44.2 Å². The summed E-state index contributed by atoms with van der Waals surface area (Å²) in [5.74, 6) is 4.00. The van der Waals surface area contributed by atoms with E-state index in [1.165, 1.54) is 12.0 Å². The second-order valence-corrected chi connectivity index (χ2v) is 8.97. The highest BCUT2D eigenvalue weighted by Gasteiger charge is 2.25. The Hall–Kier alpha value is -2.44. The van der Waals surface area contributed by atoms with E-state index >= 15 is 0 Å². The minimum atomic E-state index is 0.206. The molecule has 2 atom stereocenters. The number of likely N-dealkylation sites (tertiary alicyclic amines) is 1. The smallest absolute Gasteiger partial charge is 0.222 e. The van der Waals surface area contributed by atoms with Crippen molar-refractivity contribution in [1.82, 2.24) is 15.1 Å². The summed E-state index contributed by atoms with van der Waals surface area (Å²) in [5.41, 5.74) is 2.38. The Labute approximate surface area is 186 Å². The Bertz CT molecular complexity index is 785. The summed E-state index contributed by atoms with van der Waals surface area (Å²) < 4.78 is 10.8. The molecule has 1 N–H and O–H groups in total. The molecule has 3 rings (SSSR count). The predicted octanol–water partition coefficient (Wildman–Crippen LogP) is 2.92. The van der Waals surface area contributed by atoms with Gasteiger partial charge in [-0.3, -0.25) is 9.79 Å². The van der Waals surface area contributed by atoms with Gasteiger partial charge in [-0.2, -0.15) is 0 Å². The molecule has 172 valence electrons. The van der Waals surface area contributed by atoms with Crippen molar-refractivity contribution in [2.75, 3.05) is 47.4 Å². The fourth-order valence-corrected chi connectivity index (χ4v) is 4.86.